The first-order valence-corrected chi connectivity index (χ1v) is 9.01. The number of likely N-dealkylation sites (tertiary alicyclic amines) is 1. The van der Waals surface area contributed by atoms with Gasteiger partial charge >= 0.3 is 6.09 Å². The van der Waals surface area contributed by atoms with Gasteiger partial charge in [-0.25, -0.2) is 4.79 Å². The zero-order valence-electron chi connectivity index (χ0n) is 15.5. The predicted molar refractivity (Wildman–Crippen MR) is 95.7 cm³/mol. The number of amides is 2. The van der Waals surface area contributed by atoms with Crippen LogP contribution < -0.4 is 14.8 Å². The third-order valence-corrected chi connectivity index (χ3v) is 4.23. The summed E-state index contributed by atoms with van der Waals surface area (Å²) in [5.74, 6) is 0.997. The van der Waals surface area contributed by atoms with Crippen molar-refractivity contribution < 1.29 is 23.8 Å². The van der Waals surface area contributed by atoms with Crippen LogP contribution in [0.2, 0.25) is 0 Å². The Kier molecular flexibility index (Phi) is 5.25. The number of carbonyl (C=O) groups is 2. The Morgan fingerprint density at radius 2 is 2.00 bits per heavy atom. The summed E-state index contributed by atoms with van der Waals surface area (Å²) >= 11 is 0. The lowest BCUT2D eigenvalue weighted by Crippen LogP contribution is -2.50. The van der Waals surface area contributed by atoms with Crippen LogP contribution in [-0.4, -0.2) is 54.8 Å². The first-order valence-electron chi connectivity index (χ1n) is 9.01. The van der Waals surface area contributed by atoms with Gasteiger partial charge in [-0.2, -0.15) is 0 Å². The van der Waals surface area contributed by atoms with Gasteiger partial charge in [0.25, 0.3) is 5.91 Å². The Morgan fingerprint density at radius 1 is 1.23 bits per heavy atom. The van der Waals surface area contributed by atoms with Crippen LogP contribution in [0, 0.1) is 0 Å². The third-order valence-electron chi connectivity index (χ3n) is 4.23. The average Bonchev–Trinajstić information content (AvgIpc) is 2.59. The maximum atomic E-state index is 13.0. The number of nitrogens with one attached hydrogen (secondary N) is 1. The van der Waals surface area contributed by atoms with Gasteiger partial charge in [0.2, 0.25) is 0 Å². The Balaban J connectivity index is 1.66. The zero-order chi connectivity index (χ0) is 18.7. The van der Waals surface area contributed by atoms with Crippen molar-refractivity contribution in [3.8, 4) is 11.5 Å². The first-order chi connectivity index (χ1) is 12.3. The molecule has 1 aromatic rings. The fourth-order valence-corrected chi connectivity index (χ4v) is 3.17. The average molecular weight is 362 g/mol. The van der Waals surface area contributed by atoms with E-state index in [4.69, 9.17) is 14.2 Å². The molecule has 7 nitrogen and oxygen atoms in total. The van der Waals surface area contributed by atoms with Crippen LogP contribution in [-0.2, 0) is 4.74 Å². The minimum absolute atomic E-state index is 0.108. The smallest absolute Gasteiger partial charge is 0.407 e. The van der Waals surface area contributed by atoms with Crippen LogP contribution in [0.25, 0.3) is 0 Å². The van der Waals surface area contributed by atoms with Gasteiger partial charge in [-0.05, 0) is 45.7 Å². The fourth-order valence-electron chi connectivity index (χ4n) is 3.17. The molecule has 1 saturated heterocycles. The van der Waals surface area contributed by atoms with Crippen LogP contribution in [0.3, 0.4) is 0 Å². The molecular formula is C19H26N2O5. The van der Waals surface area contributed by atoms with Gasteiger partial charge in [-0.1, -0.05) is 6.07 Å². The predicted octanol–water partition coefficient (Wildman–Crippen LogP) is 2.59. The van der Waals surface area contributed by atoms with Crippen molar-refractivity contribution in [2.24, 2.45) is 0 Å². The minimum atomic E-state index is -0.547. The van der Waals surface area contributed by atoms with Crippen LogP contribution in [0.15, 0.2) is 18.2 Å². The normalized spacial score (nSPS) is 19.7. The zero-order valence-corrected chi connectivity index (χ0v) is 15.5. The van der Waals surface area contributed by atoms with Crippen molar-refractivity contribution >= 4 is 12.0 Å². The molecular weight excluding hydrogens is 336 g/mol. The van der Waals surface area contributed by atoms with E-state index in [1.54, 1.807) is 23.1 Å². The minimum Gasteiger partial charge on any atom is -0.486 e. The van der Waals surface area contributed by atoms with Crippen molar-refractivity contribution in [1.29, 1.82) is 0 Å². The van der Waals surface area contributed by atoms with E-state index in [0.29, 0.717) is 43.4 Å². The van der Waals surface area contributed by atoms with Crippen molar-refractivity contribution in [1.82, 2.24) is 10.2 Å². The van der Waals surface area contributed by atoms with Crippen molar-refractivity contribution in [3.63, 3.8) is 0 Å². The van der Waals surface area contributed by atoms with Gasteiger partial charge in [0, 0.05) is 19.1 Å². The van der Waals surface area contributed by atoms with Crippen LogP contribution in [0.5, 0.6) is 11.5 Å². The number of rotatable bonds is 2. The van der Waals surface area contributed by atoms with E-state index in [1.807, 2.05) is 20.8 Å². The van der Waals surface area contributed by atoms with Crippen LogP contribution in [0.1, 0.15) is 44.0 Å². The van der Waals surface area contributed by atoms with E-state index in [-0.39, 0.29) is 11.9 Å². The highest BCUT2D eigenvalue weighted by molar-refractivity contribution is 5.98. The second-order valence-electron chi connectivity index (χ2n) is 7.57. The summed E-state index contributed by atoms with van der Waals surface area (Å²) in [6.07, 6.45) is 1.18. The lowest BCUT2D eigenvalue weighted by molar-refractivity contribution is 0.0451. The molecule has 1 aromatic carbocycles. The molecule has 1 unspecified atom stereocenters. The van der Waals surface area contributed by atoms with Crippen LogP contribution in [0.4, 0.5) is 4.79 Å². The SMILES string of the molecule is CC(C)(C)OC(=O)NC1CCCN(C(=O)c2cccc3c2OCCO3)C1. The molecule has 0 spiro atoms. The largest absolute Gasteiger partial charge is 0.486 e. The lowest BCUT2D eigenvalue weighted by Gasteiger charge is -2.34. The second kappa shape index (κ2) is 7.43. The van der Waals surface area contributed by atoms with Gasteiger partial charge < -0.3 is 24.4 Å². The number of carbonyl (C=O) groups excluding carboxylic acids is 2. The highest BCUT2D eigenvalue weighted by Gasteiger charge is 2.29. The summed E-state index contributed by atoms with van der Waals surface area (Å²) in [6, 6.07) is 5.22. The molecule has 0 aromatic heterocycles. The number of hydrogen-bond donors (Lipinski definition) is 1. The van der Waals surface area contributed by atoms with E-state index in [9.17, 15) is 9.59 Å². The molecule has 7 heteroatoms. The van der Waals surface area contributed by atoms with Crippen molar-refractivity contribution in [3.05, 3.63) is 23.8 Å². The topological polar surface area (TPSA) is 77.1 Å². The van der Waals surface area contributed by atoms with Crippen molar-refractivity contribution in [2.75, 3.05) is 26.3 Å². The van der Waals surface area contributed by atoms with E-state index in [0.717, 1.165) is 12.8 Å². The molecule has 2 amide bonds. The van der Waals surface area contributed by atoms with Gasteiger partial charge in [0.15, 0.2) is 11.5 Å². The highest BCUT2D eigenvalue weighted by atomic mass is 16.6. The first kappa shape index (κ1) is 18.4. The van der Waals surface area contributed by atoms with Crippen molar-refractivity contribution in [2.45, 2.75) is 45.3 Å². The molecule has 142 valence electrons. The number of piperidine rings is 1. The molecule has 1 fully saturated rings. The maximum Gasteiger partial charge on any atom is 0.407 e. The highest BCUT2D eigenvalue weighted by Crippen LogP contribution is 2.34. The molecule has 2 aliphatic rings. The lowest BCUT2D eigenvalue weighted by atomic mass is 10.0. The van der Waals surface area contributed by atoms with E-state index in [2.05, 4.69) is 5.32 Å². The summed E-state index contributed by atoms with van der Waals surface area (Å²) < 4.78 is 16.5. The molecule has 1 atom stereocenters. The number of alkyl carbamates (subject to hydrolysis) is 1. The Bertz CT molecular complexity index is 683. The van der Waals surface area contributed by atoms with Gasteiger partial charge in [-0.3, -0.25) is 4.79 Å². The molecule has 2 heterocycles. The summed E-state index contributed by atoms with van der Waals surface area (Å²) in [5, 5.41) is 2.86. The van der Waals surface area contributed by atoms with Gasteiger partial charge in [-0.15, -0.1) is 0 Å². The summed E-state index contributed by atoms with van der Waals surface area (Å²) in [5.41, 5.74) is -0.0468. The van der Waals surface area contributed by atoms with E-state index in [1.165, 1.54) is 0 Å². The quantitative estimate of drug-likeness (QED) is 0.875. The molecule has 0 radical (unpaired) electrons. The molecule has 0 bridgehead atoms. The molecule has 0 aliphatic carbocycles. The molecule has 1 N–H and O–H groups in total. The maximum absolute atomic E-state index is 13.0. The summed E-state index contributed by atoms with van der Waals surface area (Å²) in [7, 11) is 0. The number of para-hydroxylation sites is 1. The van der Waals surface area contributed by atoms with Crippen LogP contribution >= 0.6 is 0 Å². The van der Waals surface area contributed by atoms with E-state index >= 15 is 0 Å². The Morgan fingerprint density at radius 3 is 2.77 bits per heavy atom. The number of benzene rings is 1. The van der Waals surface area contributed by atoms with Gasteiger partial charge in [0.1, 0.15) is 18.8 Å². The number of ether oxygens (including phenoxy) is 3. The summed E-state index contributed by atoms with van der Waals surface area (Å²) in [6.45, 7) is 7.48. The monoisotopic (exact) mass is 362 g/mol. The van der Waals surface area contributed by atoms with E-state index < -0.39 is 11.7 Å². The Hall–Kier alpha value is -2.44. The number of hydrogen-bond acceptors (Lipinski definition) is 5. The second-order valence-corrected chi connectivity index (χ2v) is 7.57. The Labute approximate surface area is 153 Å². The number of nitrogens with zero attached hydrogens (tertiary/aromatic N) is 1. The molecule has 0 saturated carbocycles. The number of fused-ring (bicyclic) bond motifs is 1. The fraction of sp³-hybridized carbons (Fsp3) is 0.579. The molecule has 2 aliphatic heterocycles. The standard InChI is InChI=1S/C19H26N2O5/c1-19(2,3)26-18(23)20-13-6-5-9-21(12-13)17(22)14-7-4-8-15-16(14)25-11-10-24-15/h4,7-8,13H,5-6,9-12H2,1-3H3,(H,20,23). The molecule has 3 rings (SSSR count). The molecule has 26 heavy (non-hydrogen) atoms. The summed E-state index contributed by atoms with van der Waals surface area (Å²) in [4.78, 5) is 26.7. The third kappa shape index (κ3) is 4.39. The van der Waals surface area contributed by atoms with Gasteiger partial charge in [0.05, 0.1) is 5.56 Å².